The maximum atomic E-state index is 12.7. The summed E-state index contributed by atoms with van der Waals surface area (Å²) >= 11 is 0. The molecule has 5 nitrogen and oxygen atoms in total. The summed E-state index contributed by atoms with van der Waals surface area (Å²) in [5, 5.41) is 12.7. The van der Waals surface area contributed by atoms with Crippen LogP contribution in [0.4, 0.5) is 0 Å². The number of rotatable bonds is 2. The van der Waals surface area contributed by atoms with Crippen LogP contribution in [0.3, 0.4) is 0 Å². The van der Waals surface area contributed by atoms with Crippen LogP contribution in [-0.2, 0) is 7.05 Å². The number of hydrogen-bond acceptors (Lipinski definition) is 3. The zero-order valence-corrected chi connectivity index (χ0v) is 15.5. The van der Waals surface area contributed by atoms with Crippen molar-refractivity contribution in [3.8, 4) is 6.07 Å². The topological polar surface area (TPSA) is 70.7 Å². The van der Waals surface area contributed by atoms with Gasteiger partial charge in [-0.1, -0.05) is 20.8 Å². The van der Waals surface area contributed by atoms with Gasteiger partial charge in [-0.05, 0) is 55.2 Å². The molecule has 1 fully saturated rings. The molecule has 0 aliphatic heterocycles. The van der Waals surface area contributed by atoms with Crippen LogP contribution < -0.4 is 5.32 Å². The van der Waals surface area contributed by atoms with E-state index in [1.165, 1.54) is 0 Å². The SMILES string of the molecule is Cn1cnc2cc(C(=O)NC3(C#N)CCC(C(C)(C)C)CC3)ccc21. The molecule has 5 heteroatoms. The number of nitriles is 1. The number of aryl methyl sites for hydroxylation is 1. The Morgan fingerprint density at radius 3 is 2.64 bits per heavy atom. The first-order chi connectivity index (χ1) is 11.7. The van der Waals surface area contributed by atoms with Gasteiger partial charge in [0.15, 0.2) is 0 Å². The average Bonchev–Trinajstić information content (AvgIpc) is 2.95. The Hall–Kier alpha value is -2.35. The summed E-state index contributed by atoms with van der Waals surface area (Å²) in [5.41, 5.74) is 1.82. The van der Waals surface area contributed by atoms with Crippen molar-refractivity contribution in [2.75, 3.05) is 0 Å². The molecule has 1 aromatic carbocycles. The fourth-order valence-electron chi connectivity index (χ4n) is 3.81. The molecular formula is C20H26N4O. The first-order valence-electron chi connectivity index (χ1n) is 8.89. The monoisotopic (exact) mass is 338 g/mol. The number of imidazole rings is 1. The summed E-state index contributed by atoms with van der Waals surface area (Å²) < 4.78 is 1.92. The molecule has 1 aliphatic rings. The largest absolute Gasteiger partial charge is 0.334 e. The Balaban J connectivity index is 1.75. The van der Waals surface area contributed by atoms with E-state index in [2.05, 4.69) is 37.1 Å². The minimum Gasteiger partial charge on any atom is -0.334 e. The van der Waals surface area contributed by atoms with Gasteiger partial charge in [0.1, 0.15) is 5.54 Å². The normalized spacial score (nSPS) is 24.0. The summed E-state index contributed by atoms with van der Waals surface area (Å²) in [6.45, 7) is 6.74. The highest BCUT2D eigenvalue weighted by atomic mass is 16.1. The number of nitrogens with zero attached hydrogens (tertiary/aromatic N) is 3. The van der Waals surface area contributed by atoms with Gasteiger partial charge in [0.05, 0.1) is 23.4 Å². The molecule has 0 unspecified atom stereocenters. The van der Waals surface area contributed by atoms with Crippen molar-refractivity contribution >= 4 is 16.9 Å². The molecule has 25 heavy (non-hydrogen) atoms. The van der Waals surface area contributed by atoms with Crippen molar-refractivity contribution in [2.45, 2.75) is 52.0 Å². The van der Waals surface area contributed by atoms with Crippen LogP contribution in [0.1, 0.15) is 56.8 Å². The Kier molecular flexibility index (Phi) is 4.32. The van der Waals surface area contributed by atoms with E-state index >= 15 is 0 Å². The molecule has 1 saturated carbocycles. The summed E-state index contributed by atoms with van der Waals surface area (Å²) in [6, 6.07) is 7.86. The molecule has 0 radical (unpaired) electrons. The van der Waals surface area contributed by atoms with Crippen molar-refractivity contribution < 1.29 is 4.79 Å². The number of hydrogen-bond donors (Lipinski definition) is 1. The third-order valence-corrected chi connectivity index (χ3v) is 5.62. The van der Waals surface area contributed by atoms with Crippen LogP contribution in [0, 0.1) is 22.7 Å². The second-order valence-corrected chi connectivity index (χ2v) is 8.35. The van der Waals surface area contributed by atoms with Crippen LogP contribution >= 0.6 is 0 Å². The molecule has 3 rings (SSSR count). The predicted molar refractivity (Wildman–Crippen MR) is 97.9 cm³/mol. The maximum Gasteiger partial charge on any atom is 0.252 e. The van der Waals surface area contributed by atoms with Crippen molar-refractivity contribution in [1.29, 1.82) is 5.26 Å². The molecule has 132 valence electrons. The summed E-state index contributed by atoms with van der Waals surface area (Å²) in [5.74, 6) is 0.402. The van der Waals surface area contributed by atoms with Gasteiger partial charge in [0, 0.05) is 12.6 Å². The quantitative estimate of drug-likeness (QED) is 0.905. The molecule has 1 aromatic heterocycles. The third-order valence-electron chi connectivity index (χ3n) is 5.62. The highest BCUT2D eigenvalue weighted by molar-refractivity contribution is 5.98. The highest BCUT2D eigenvalue weighted by Crippen LogP contribution is 2.41. The maximum absolute atomic E-state index is 12.7. The van der Waals surface area contributed by atoms with E-state index in [4.69, 9.17) is 0 Å². The molecule has 0 bridgehead atoms. The highest BCUT2D eigenvalue weighted by Gasteiger charge is 2.40. The number of carbonyl (C=O) groups is 1. The number of nitrogens with one attached hydrogen (secondary N) is 1. The number of amides is 1. The van der Waals surface area contributed by atoms with Gasteiger partial charge in [-0.15, -0.1) is 0 Å². The van der Waals surface area contributed by atoms with Gasteiger partial charge in [-0.3, -0.25) is 4.79 Å². The number of aromatic nitrogens is 2. The summed E-state index contributed by atoms with van der Waals surface area (Å²) in [6.07, 6.45) is 5.09. The van der Waals surface area contributed by atoms with E-state index in [1.54, 1.807) is 18.5 Å². The van der Waals surface area contributed by atoms with Gasteiger partial charge in [-0.2, -0.15) is 5.26 Å². The number of benzene rings is 1. The molecule has 1 heterocycles. The van der Waals surface area contributed by atoms with E-state index in [0.29, 0.717) is 24.3 Å². The van der Waals surface area contributed by atoms with Crippen LogP contribution in [0.25, 0.3) is 11.0 Å². The predicted octanol–water partition coefficient (Wildman–Crippen LogP) is 3.80. The lowest BCUT2D eigenvalue weighted by Crippen LogP contribution is -2.50. The standard InChI is InChI=1S/C20H26N4O/c1-19(2,3)15-7-9-20(12-21,10-8-15)23-18(25)14-5-6-17-16(11-14)22-13-24(17)4/h5-6,11,13,15H,7-10H2,1-4H3,(H,23,25). The average molecular weight is 338 g/mol. The van der Waals surface area contributed by atoms with Gasteiger partial charge >= 0.3 is 0 Å². The fraction of sp³-hybridized carbons (Fsp3) is 0.550. The molecule has 1 N–H and O–H groups in total. The first-order valence-corrected chi connectivity index (χ1v) is 8.89. The van der Waals surface area contributed by atoms with Gasteiger partial charge in [0.2, 0.25) is 0 Å². The lowest BCUT2D eigenvalue weighted by Gasteiger charge is -2.40. The lowest BCUT2D eigenvalue weighted by atomic mass is 9.67. The van der Waals surface area contributed by atoms with E-state index in [9.17, 15) is 10.1 Å². The van der Waals surface area contributed by atoms with E-state index < -0.39 is 5.54 Å². The second kappa shape index (κ2) is 6.18. The van der Waals surface area contributed by atoms with Gasteiger partial charge in [-0.25, -0.2) is 4.98 Å². The Labute approximate surface area is 149 Å². The molecule has 0 atom stereocenters. The van der Waals surface area contributed by atoms with Crippen molar-refractivity contribution in [3.63, 3.8) is 0 Å². The van der Waals surface area contributed by atoms with Gasteiger partial charge < -0.3 is 9.88 Å². The molecular weight excluding hydrogens is 312 g/mol. The molecule has 0 spiro atoms. The fourth-order valence-corrected chi connectivity index (χ4v) is 3.81. The third kappa shape index (κ3) is 3.39. The summed E-state index contributed by atoms with van der Waals surface area (Å²) in [4.78, 5) is 17.0. The minimum atomic E-state index is -0.752. The smallest absolute Gasteiger partial charge is 0.252 e. The van der Waals surface area contributed by atoms with Crippen molar-refractivity contribution in [3.05, 3.63) is 30.1 Å². The molecule has 1 amide bonds. The molecule has 2 aromatic rings. The van der Waals surface area contributed by atoms with Crippen molar-refractivity contribution in [1.82, 2.24) is 14.9 Å². The van der Waals surface area contributed by atoms with Crippen molar-refractivity contribution in [2.24, 2.45) is 18.4 Å². The van der Waals surface area contributed by atoms with E-state index in [0.717, 1.165) is 23.9 Å². The van der Waals surface area contributed by atoms with Crippen LogP contribution in [0.15, 0.2) is 24.5 Å². The first kappa shape index (κ1) is 17.5. The van der Waals surface area contributed by atoms with E-state index in [-0.39, 0.29) is 11.3 Å². The van der Waals surface area contributed by atoms with Crippen LogP contribution in [0.2, 0.25) is 0 Å². The number of fused-ring (bicyclic) bond motifs is 1. The molecule has 0 saturated heterocycles. The lowest BCUT2D eigenvalue weighted by molar-refractivity contribution is 0.0856. The summed E-state index contributed by atoms with van der Waals surface area (Å²) in [7, 11) is 1.92. The van der Waals surface area contributed by atoms with E-state index in [1.807, 2.05) is 17.7 Å². The Morgan fingerprint density at radius 1 is 1.36 bits per heavy atom. The Morgan fingerprint density at radius 2 is 2.04 bits per heavy atom. The zero-order valence-electron chi connectivity index (χ0n) is 15.5. The van der Waals surface area contributed by atoms with Crippen LogP contribution in [-0.4, -0.2) is 21.0 Å². The van der Waals surface area contributed by atoms with Gasteiger partial charge in [0.25, 0.3) is 5.91 Å². The number of carbonyl (C=O) groups excluding carboxylic acids is 1. The minimum absolute atomic E-state index is 0.191. The molecule has 1 aliphatic carbocycles. The second-order valence-electron chi connectivity index (χ2n) is 8.35. The Bertz CT molecular complexity index is 829. The van der Waals surface area contributed by atoms with Crippen LogP contribution in [0.5, 0.6) is 0 Å². The zero-order chi connectivity index (χ0) is 18.2.